The van der Waals surface area contributed by atoms with Crippen LogP contribution in [0, 0.1) is 0 Å². The van der Waals surface area contributed by atoms with Gasteiger partial charge in [0.2, 0.25) is 0 Å². The first-order valence-corrected chi connectivity index (χ1v) is 8.35. The average molecular weight is 353 g/mol. The number of nitrogens with one attached hydrogen (secondary N) is 1. The van der Waals surface area contributed by atoms with Crippen LogP contribution in [-0.2, 0) is 0 Å². The van der Waals surface area contributed by atoms with Gasteiger partial charge in [0.1, 0.15) is 17.6 Å². The molecule has 8 nitrogen and oxygen atoms in total. The lowest BCUT2D eigenvalue weighted by molar-refractivity contribution is -0.246. The van der Waals surface area contributed by atoms with Crippen molar-refractivity contribution in [2.24, 2.45) is 4.99 Å². The van der Waals surface area contributed by atoms with Crippen molar-refractivity contribution in [3.8, 4) is 0 Å². The molecule has 1 aromatic heterocycles. The summed E-state index contributed by atoms with van der Waals surface area (Å²) in [7, 11) is 2.00. The average Bonchev–Trinajstić information content (AvgIpc) is 2.63. The van der Waals surface area contributed by atoms with Gasteiger partial charge in [-0.1, -0.05) is 18.2 Å². The summed E-state index contributed by atoms with van der Waals surface area (Å²) in [5.41, 5.74) is 9.23. The molecular weight excluding hydrogens is 332 g/mol. The van der Waals surface area contributed by atoms with E-state index in [4.69, 9.17) is 5.73 Å². The number of aliphatic imine (C=N–C) groups is 1. The van der Waals surface area contributed by atoms with Gasteiger partial charge in [-0.15, -0.1) is 0 Å². The number of aromatic nitrogens is 1. The van der Waals surface area contributed by atoms with E-state index in [1.54, 1.807) is 13.0 Å². The second-order valence-electron chi connectivity index (χ2n) is 6.00. The molecule has 0 saturated heterocycles. The molecular formula is C18H21N6O2-. The Morgan fingerprint density at radius 2 is 2.08 bits per heavy atom. The van der Waals surface area contributed by atoms with Crippen LogP contribution in [0.25, 0.3) is 0 Å². The molecule has 26 heavy (non-hydrogen) atoms. The minimum absolute atomic E-state index is 0.185. The molecule has 1 aromatic carbocycles. The summed E-state index contributed by atoms with van der Waals surface area (Å²) in [4.78, 5) is 23.1. The molecule has 0 spiro atoms. The molecule has 0 bridgehead atoms. The Bertz CT molecular complexity index is 837. The normalized spacial score (nSPS) is 12.6. The number of nitrogens with two attached hydrogens (primary N) is 1. The Kier molecular flexibility index (Phi) is 4.92. The predicted molar refractivity (Wildman–Crippen MR) is 102 cm³/mol. The first kappa shape index (κ1) is 17.5. The zero-order chi connectivity index (χ0) is 18.7. The van der Waals surface area contributed by atoms with Gasteiger partial charge >= 0.3 is 0 Å². The third-order valence-corrected chi connectivity index (χ3v) is 4.19. The second-order valence-corrected chi connectivity index (χ2v) is 6.00. The number of para-hydroxylation sites is 1. The smallest absolute Gasteiger partial charge is 0.153 e. The molecule has 1 aliphatic heterocycles. The number of hydrogen-bond donors (Lipinski definition) is 2. The fraction of sp³-hybridized carbons (Fsp3) is 0.278. The Labute approximate surface area is 152 Å². The van der Waals surface area contributed by atoms with Crippen LogP contribution in [0.3, 0.4) is 0 Å². The summed E-state index contributed by atoms with van der Waals surface area (Å²) in [6, 6.07) is 11.7. The quantitative estimate of drug-likeness (QED) is 0.842. The van der Waals surface area contributed by atoms with E-state index in [1.807, 2.05) is 37.4 Å². The van der Waals surface area contributed by atoms with Crippen LogP contribution in [0.15, 0.2) is 41.4 Å². The number of pyridine rings is 1. The number of fused-ring (bicyclic) bond motifs is 1. The Balaban J connectivity index is 1.85. The minimum Gasteiger partial charge on any atom is -0.530 e. The molecule has 0 radical (unpaired) electrons. The van der Waals surface area contributed by atoms with E-state index in [2.05, 4.69) is 20.2 Å². The maximum Gasteiger partial charge on any atom is 0.153 e. The van der Waals surface area contributed by atoms with Crippen molar-refractivity contribution < 1.29 is 9.90 Å². The van der Waals surface area contributed by atoms with Crippen LogP contribution < -0.4 is 26.0 Å². The zero-order valence-corrected chi connectivity index (χ0v) is 14.8. The van der Waals surface area contributed by atoms with E-state index in [0.29, 0.717) is 24.5 Å². The van der Waals surface area contributed by atoms with Crippen molar-refractivity contribution in [2.75, 3.05) is 47.5 Å². The number of carbonyl (C=O) groups is 1. The van der Waals surface area contributed by atoms with E-state index in [-0.39, 0.29) is 18.2 Å². The molecule has 0 aliphatic carbocycles. The van der Waals surface area contributed by atoms with Gasteiger partial charge in [-0.3, -0.25) is 0 Å². The van der Waals surface area contributed by atoms with Gasteiger partial charge < -0.3 is 30.8 Å². The summed E-state index contributed by atoms with van der Waals surface area (Å²) in [5, 5.41) is 14.5. The molecule has 0 atom stereocenters. The number of anilines is 4. The fourth-order valence-electron chi connectivity index (χ4n) is 2.85. The summed E-state index contributed by atoms with van der Waals surface area (Å²) in [6.07, 6.45) is -1.32. The van der Waals surface area contributed by atoms with Gasteiger partial charge in [0.05, 0.1) is 24.5 Å². The molecule has 1 amide bonds. The van der Waals surface area contributed by atoms with Crippen molar-refractivity contribution in [1.29, 1.82) is 0 Å². The molecule has 0 saturated carbocycles. The van der Waals surface area contributed by atoms with Crippen molar-refractivity contribution >= 4 is 40.5 Å². The Morgan fingerprint density at radius 1 is 1.35 bits per heavy atom. The zero-order valence-electron chi connectivity index (χ0n) is 14.8. The minimum atomic E-state index is -1.32. The number of benzene rings is 1. The van der Waals surface area contributed by atoms with Gasteiger partial charge in [0.15, 0.2) is 5.82 Å². The monoisotopic (exact) mass is 353 g/mol. The number of nitrogen functional groups attached to an aromatic ring is 1. The molecule has 3 N–H and O–H groups in total. The highest BCUT2D eigenvalue weighted by atomic mass is 16.4. The van der Waals surface area contributed by atoms with Crippen LogP contribution in [0.5, 0.6) is 0 Å². The van der Waals surface area contributed by atoms with Crippen LogP contribution >= 0.6 is 0 Å². The maximum absolute atomic E-state index is 11.2. The van der Waals surface area contributed by atoms with Crippen molar-refractivity contribution in [3.05, 3.63) is 36.4 Å². The van der Waals surface area contributed by atoms with Crippen molar-refractivity contribution in [3.63, 3.8) is 0 Å². The van der Waals surface area contributed by atoms with E-state index in [9.17, 15) is 9.90 Å². The highest BCUT2D eigenvalue weighted by molar-refractivity contribution is 6.00. The van der Waals surface area contributed by atoms with Crippen LogP contribution in [0.1, 0.15) is 6.92 Å². The number of carboxylic acid groups (broad SMARTS) is 1. The topological polar surface area (TPSA) is 110 Å². The largest absolute Gasteiger partial charge is 0.530 e. The Hall–Kier alpha value is -3.29. The summed E-state index contributed by atoms with van der Waals surface area (Å²) in [6.45, 7) is 3.11. The van der Waals surface area contributed by atoms with Crippen molar-refractivity contribution in [2.45, 2.75) is 6.92 Å². The first-order valence-electron chi connectivity index (χ1n) is 8.35. The van der Waals surface area contributed by atoms with Gasteiger partial charge in [-0.2, -0.15) is 0 Å². The molecule has 1 aliphatic rings. The molecule has 0 unspecified atom stereocenters. The SMILES string of the molecule is CCN(C(=O)[O-])c1cc2c(c(N)n1)N=C(CN(C)c1ccccc1)CN2. The standard InChI is InChI=1S/C18H22N6O2/c1-3-24(18(25)26)15-9-14-16(17(19)22-15)21-12(10-20-14)11-23(2)13-7-5-4-6-8-13/h4-9,20H,3,10-11H2,1-2H3,(H2,19,22)(H,25,26)/p-1. The molecule has 2 heterocycles. The lowest BCUT2D eigenvalue weighted by Gasteiger charge is -2.27. The molecule has 2 aromatic rings. The van der Waals surface area contributed by atoms with E-state index in [0.717, 1.165) is 16.3 Å². The van der Waals surface area contributed by atoms with Gasteiger partial charge in [0.25, 0.3) is 0 Å². The van der Waals surface area contributed by atoms with E-state index >= 15 is 0 Å². The summed E-state index contributed by atoms with van der Waals surface area (Å²) < 4.78 is 0. The summed E-state index contributed by atoms with van der Waals surface area (Å²) >= 11 is 0. The fourth-order valence-corrected chi connectivity index (χ4v) is 2.85. The van der Waals surface area contributed by atoms with Crippen LogP contribution in [0.4, 0.5) is 33.5 Å². The van der Waals surface area contributed by atoms with Crippen LogP contribution in [-0.4, -0.2) is 43.5 Å². The second kappa shape index (κ2) is 7.30. The molecule has 3 rings (SSSR count). The van der Waals surface area contributed by atoms with E-state index < -0.39 is 6.09 Å². The number of hydrogen-bond acceptors (Lipinski definition) is 7. The van der Waals surface area contributed by atoms with Gasteiger partial charge in [-0.05, 0) is 19.1 Å². The lowest BCUT2D eigenvalue weighted by Crippen LogP contribution is -2.41. The Morgan fingerprint density at radius 3 is 2.73 bits per heavy atom. The van der Waals surface area contributed by atoms with Crippen LogP contribution in [0.2, 0.25) is 0 Å². The lowest BCUT2D eigenvalue weighted by atomic mass is 10.2. The van der Waals surface area contributed by atoms with Gasteiger partial charge in [0, 0.05) is 25.3 Å². The molecule has 0 fully saturated rings. The number of nitrogens with zero attached hydrogens (tertiary/aromatic N) is 4. The summed E-state index contributed by atoms with van der Waals surface area (Å²) in [5.74, 6) is 0.417. The van der Waals surface area contributed by atoms with E-state index in [1.165, 1.54) is 0 Å². The molecule has 8 heteroatoms. The number of amides is 1. The first-order chi connectivity index (χ1) is 12.5. The number of rotatable bonds is 5. The highest BCUT2D eigenvalue weighted by Gasteiger charge is 2.19. The highest BCUT2D eigenvalue weighted by Crippen LogP contribution is 2.36. The number of carbonyl (C=O) groups excluding carboxylic acids is 1. The van der Waals surface area contributed by atoms with Crippen molar-refractivity contribution in [1.82, 2.24) is 4.98 Å². The van der Waals surface area contributed by atoms with Gasteiger partial charge in [-0.25, -0.2) is 9.98 Å². The third-order valence-electron chi connectivity index (χ3n) is 4.19. The molecule has 136 valence electrons. The third kappa shape index (κ3) is 3.53. The maximum atomic E-state index is 11.2. The predicted octanol–water partition coefficient (Wildman–Crippen LogP) is 1.47.